The average Bonchev–Trinajstić information content (AvgIpc) is 2.17. The van der Waals surface area contributed by atoms with Crippen LogP contribution in [0.4, 0.5) is 4.39 Å². The minimum absolute atomic E-state index is 0.330. The van der Waals surface area contributed by atoms with Gasteiger partial charge < -0.3 is 5.11 Å². The lowest BCUT2D eigenvalue weighted by atomic mass is 10.0. The summed E-state index contributed by atoms with van der Waals surface area (Å²) in [6.45, 7) is 4.84. The quantitative estimate of drug-likeness (QED) is 0.826. The maximum absolute atomic E-state index is 13.4. The van der Waals surface area contributed by atoms with E-state index >= 15 is 0 Å². The van der Waals surface area contributed by atoms with Crippen LogP contribution in [0.2, 0.25) is 0 Å². The first-order chi connectivity index (χ1) is 7.34. The Kier molecular flexibility index (Phi) is 3.65. The molecule has 1 atom stereocenters. The van der Waals surface area contributed by atoms with Crippen LogP contribution in [-0.4, -0.2) is 16.6 Å². The number of rotatable bonds is 4. The molecule has 4 heteroatoms. The summed E-state index contributed by atoms with van der Waals surface area (Å²) in [4.78, 5) is 10.9. The molecule has 1 aromatic rings. The summed E-state index contributed by atoms with van der Waals surface area (Å²) in [5.74, 6) is -1.29. The molecule has 2 N–H and O–H groups in total. The van der Waals surface area contributed by atoms with E-state index in [9.17, 15) is 9.18 Å². The van der Waals surface area contributed by atoms with E-state index in [4.69, 9.17) is 5.11 Å². The molecular formula is C12H16FNO2. The zero-order chi connectivity index (χ0) is 12.3. The standard InChI is InChI=1S/C12H16FNO2/c1-8(14-12(2,3)11(15)16)9-6-4-5-7-10(9)13/h4-8,14H,1-3H3,(H,15,16). The number of carboxylic acid groups (broad SMARTS) is 1. The fraction of sp³-hybridized carbons (Fsp3) is 0.417. The van der Waals surface area contributed by atoms with Gasteiger partial charge in [0.15, 0.2) is 0 Å². The molecular weight excluding hydrogens is 209 g/mol. The van der Waals surface area contributed by atoms with Gasteiger partial charge in [-0.2, -0.15) is 0 Å². The van der Waals surface area contributed by atoms with Gasteiger partial charge in [0.25, 0.3) is 0 Å². The Hall–Kier alpha value is -1.42. The van der Waals surface area contributed by atoms with Gasteiger partial charge in [-0.05, 0) is 26.8 Å². The molecule has 0 saturated heterocycles. The van der Waals surface area contributed by atoms with Crippen LogP contribution in [0.5, 0.6) is 0 Å². The molecule has 88 valence electrons. The molecule has 0 fully saturated rings. The monoisotopic (exact) mass is 225 g/mol. The highest BCUT2D eigenvalue weighted by Gasteiger charge is 2.29. The van der Waals surface area contributed by atoms with Crippen LogP contribution in [0.15, 0.2) is 24.3 Å². The molecule has 0 heterocycles. The van der Waals surface area contributed by atoms with Crippen LogP contribution in [0, 0.1) is 5.82 Å². The summed E-state index contributed by atoms with van der Waals surface area (Å²) in [6.07, 6.45) is 0. The fourth-order valence-electron chi connectivity index (χ4n) is 1.51. The van der Waals surface area contributed by atoms with Crippen molar-refractivity contribution in [3.63, 3.8) is 0 Å². The van der Waals surface area contributed by atoms with Crippen LogP contribution in [-0.2, 0) is 4.79 Å². The third kappa shape index (κ3) is 2.79. The molecule has 1 aromatic carbocycles. The van der Waals surface area contributed by atoms with Crippen molar-refractivity contribution >= 4 is 5.97 Å². The highest BCUT2D eigenvalue weighted by atomic mass is 19.1. The first-order valence-electron chi connectivity index (χ1n) is 5.10. The molecule has 0 aliphatic carbocycles. The molecule has 0 aromatic heterocycles. The first-order valence-corrected chi connectivity index (χ1v) is 5.10. The first kappa shape index (κ1) is 12.6. The summed E-state index contributed by atoms with van der Waals surface area (Å²) < 4.78 is 13.4. The van der Waals surface area contributed by atoms with Crippen LogP contribution < -0.4 is 5.32 Å². The lowest BCUT2D eigenvalue weighted by Crippen LogP contribution is -2.47. The highest BCUT2D eigenvalue weighted by molar-refractivity contribution is 5.77. The molecule has 0 aliphatic rings. The van der Waals surface area contributed by atoms with E-state index in [0.717, 1.165) is 0 Å². The van der Waals surface area contributed by atoms with E-state index in [0.29, 0.717) is 5.56 Å². The maximum Gasteiger partial charge on any atom is 0.323 e. The Morgan fingerprint density at radius 1 is 1.44 bits per heavy atom. The van der Waals surface area contributed by atoms with Gasteiger partial charge >= 0.3 is 5.97 Å². The summed E-state index contributed by atoms with van der Waals surface area (Å²) in [6, 6.07) is 5.98. The smallest absolute Gasteiger partial charge is 0.323 e. The normalized spacial score (nSPS) is 13.5. The molecule has 0 aliphatic heterocycles. The van der Waals surface area contributed by atoms with Crippen molar-refractivity contribution in [2.75, 3.05) is 0 Å². The van der Waals surface area contributed by atoms with Gasteiger partial charge in [0.05, 0.1) is 0 Å². The molecule has 1 rings (SSSR count). The lowest BCUT2D eigenvalue weighted by molar-refractivity contribution is -0.143. The number of hydrogen-bond acceptors (Lipinski definition) is 2. The molecule has 3 nitrogen and oxygen atoms in total. The van der Waals surface area contributed by atoms with Crippen molar-refractivity contribution in [3.8, 4) is 0 Å². The van der Waals surface area contributed by atoms with E-state index < -0.39 is 11.5 Å². The number of benzene rings is 1. The van der Waals surface area contributed by atoms with Crippen LogP contribution in [0.3, 0.4) is 0 Å². The Morgan fingerprint density at radius 3 is 2.50 bits per heavy atom. The Balaban J connectivity index is 2.85. The minimum atomic E-state index is -1.08. The zero-order valence-electron chi connectivity index (χ0n) is 9.62. The number of nitrogens with one attached hydrogen (secondary N) is 1. The second kappa shape index (κ2) is 4.61. The highest BCUT2D eigenvalue weighted by Crippen LogP contribution is 2.19. The molecule has 16 heavy (non-hydrogen) atoms. The Morgan fingerprint density at radius 2 is 2.00 bits per heavy atom. The molecule has 0 spiro atoms. The number of aliphatic carboxylic acids is 1. The second-order valence-corrected chi connectivity index (χ2v) is 4.32. The molecule has 0 saturated carbocycles. The summed E-state index contributed by atoms with van der Waals surface area (Å²) in [7, 11) is 0. The number of carbonyl (C=O) groups is 1. The van der Waals surface area contributed by atoms with Gasteiger partial charge in [0.2, 0.25) is 0 Å². The van der Waals surface area contributed by atoms with Gasteiger partial charge in [-0.25, -0.2) is 4.39 Å². The van der Waals surface area contributed by atoms with Crippen molar-refractivity contribution in [3.05, 3.63) is 35.6 Å². The maximum atomic E-state index is 13.4. The number of carboxylic acids is 1. The number of halogens is 1. The third-order valence-electron chi connectivity index (χ3n) is 2.48. The van der Waals surface area contributed by atoms with Crippen LogP contribution >= 0.6 is 0 Å². The third-order valence-corrected chi connectivity index (χ3v) is 2.48. The molecule has 0 bridgehead atoms. The van der Waals surface area contributed by atoms with Gasteiger partial charge in [0, 0.05) is 11.6 Å². The largest absolute Gasteiger partial charge is 0.480 e. The average molecular weight is 225 g/mol. The zero-order valence-corrected chi connectivity index (χ0v) is 9.62. The predicted octanol–water partition coefficient (Wildman–Crippen LogP) is 2.34. The lowest BCUT2D eigenvalue weighted by Gasteiger charge is -2.26. The topological polar surface area (TPSA) is 49.3 Å². The summed E-state index contributed by atoms with van der Waals surface area (Å²) >= 11 is 0. The van der Waals surface area contributed by atoms with Crippen molar-refractivity contribution in [2.45, 2.75) is 32.4 Å². The van der Waals surface area contributed by atoms with Crippen LogP contribution in [0.1, 0.15) is 32.4 Å². The van der Waals surface area contributed by atoms with Gasteiger partial charge in [-0.1, -0.05) is 18.2 Å². The molecule has 0 radical (unpaired) electrons. The second-order valence-electron chi connectivity index (χ2n) is 4.32. The van der Waals surface area contributed by atoms with Crippen LogP contribution in [0.25, 0.3) is 0 Å². The predicted molar refractivity (Wildman–Crippen MR) is 59.7 cm³/mol. The van der Waals surface area contributed by atoms with E-state index in [2.05, 4.69) is 5.32 Å². The van der Waals surface area contributed by atoms with E-state index in [1.807, 2.05) is 0 Å². The number of hydrogen-bond donors (Lipinski definition) is 2. The minimum Gasteiger partial charge on any atom is -0.480 e. The molecule has 0 amide bonds. The van der Waals surface area contributed by atoms with E-state index in [1.165, 1.54) is 6.07 Å². The Labute approximate surface area is 94.3 Å². The van der Waals surface area contributed by atoms with Crippen molar-refractivity contribution in [1.29, 1.82) is 0 Å². The van der Waals surface area contributed by atoms with E-state index in [-0.39, 0.29) is 11.9 Å². The summed E-state index contributed by atoms with van der Waals surface area (Å²) in [5.41, 5.74) is -0.612. The van der Waals surface area contributed by atoms with Crippen molar-refractivity contribution in [2.24, 2.45) is 0 Å². The van der Waals surface area contributed by atoms with Gasteiger partial charge in [-0.15, -0.1) is 0 Å². The Bertz CT molecular complexity index is 390. The SMILES string of the molecule is CC(NC(C)(C)C(=O)O)c1ccccc1F. The van der Waals surface area contributed by atoms with Crippen molar-refractivity contribution < 1.29 is 14.3 Å². The summed E-state index contributed by atoms with van der Waals surface area (Å²) in [5, 5.41) is 11.8. The van der Waals surface area contributed by atoms with Crippen molar-refractivity contribution in [1.82, 2.24) is 5.32 Å². The van der Waals surface area contributed by atoms with Gasteiger partial charge in [-0.3, -0.25) is 10.1 Å². The fourth-order valence-corrected chi connectivity index (χ4v) is 1.51. The van der Waals surface area contributed by atoms with E-state index in [1.54, 1.807) is 39.0 Å². The molecule has 1 unspecified atom stereocenters. The van der Waals surface area contributed by atoms with Gasteiger partial charge in [0.1, 0.15) is 11.4 Å².